The SMILES string of the molecule is C=C[C@H](C)[C@](C)(O)CC(C)=O. The van der Waals surface area contributed by atoms with Gasteiger partial charge in [-0.05, 0) is 13.8 Å². The molecule has 0 heterocycles. The molecular weight excluding hydrogens is 140 g/mol. The van der Waals surface area contributed by atoms with Crippen LogP contribution < -0.4 is 0 Å². The molecule has 0 bridgehead atoms. The van der Waals surface area contributed by atoms with Crippen LogP contribution in [0.3, 0.4) is 0 Å². The van der Waals surface area contributed by atoms with E-state index in [4.69, 9.17) is 0 Å². The van der Waals surface area contributed by atoms with Gasteiger partial charge < -0.3 is 5.11 Å². The van der Waals surface area contributed by atoms with Gasteiger partial charge in [0.1, 0.15) is 5.78 Å². The molecule has 0 unspecified atom stereocenters. The number of hydrogen-bond donors (Lipinski definition) is 1. The zero-order chi connectivity index (χ0) is 9.07. The lowest BCUT2D eigenvalue weighted by atomic mass is 9.86. The maximum atomic E-state index is 10.7. The Morgan fingerprint density at radius 3 is 2.55 bits per heavy atom. The second-order valence-electron chi connectivity index (χ2n) is 3.26. The Morgan fingerprint density at radius 2 is 2.27 bits per heavy atom. The van der Waals surface area contributed by atoms with Crippen molar-refractivity contribution in [2.75, 3.05) is 0 Å². The van der Waals surface area contributed by atoms with E-state index >= 15 is 0 Å². The average molecular weight is 156 g/mol. The van der Waals surface area contributed by atoms with Crippen LogP contribution in [-0.4, -0.2) is 16.5 Å². The largest absolute Gasteiger partial charge is 0.389 e. The molecule has 0 rings (SSSR count). The van der Waals surface area contributed by atoms with Crippen molar-refractivity contribution in [3.05, 3.63) is 12.7 Å². The lowest BCUT2D eigenvalue weighted by Gasteiger charge is -2.26. The van der Waals surface area contributed by atoms with Gasteiger partial charge in [-0.1, -0.05) is 13.0 Å². The van der Waals surface area contributed by atoms with Gasteiger partial charge in [-0.15, -0.1) is 6.58 Å². The molecule has 0 radical (unpaired) electrons. The van der Waals surface area contributed by atoms with Gasteiger partial charge in [0.05, 0.1) is 5.60 Å². The van der Waals surface area contributed by atoms with Gasteiger partial charge in [0.25, 0.3) is 0 Å². The molecule has 2 atom stereocenters. The van der Waals surface area contributed by atoms with Crippen molar-refractivity contribution < 1.29 is 9.90 Å². The van der Waals surface area contributed by atoms with Gasteiger partial charge in [0, 0.05) is 12.3 Å². The first-order valence-corrected chi connectivity index (χ1v) is 3.74. The minimum Gasteiger partial charge on any atom is -0.389 e. The molecule has 0 amide bonds. The number of ketones is 1. The summed E-state index contributed by atoms with van der Waals surface area (Å²) in [6.07, 6.45) is 1.85. The first kappa shape index (κ1) is 10.4. The second kappa shape index (κ2) is 3.67. The number of Topliss-reactive ketones (excluding diaryl/α,β-unsaturated/α-hetero) is 1. The van der Waals surface area contributed by atoms with E-state index in [0.717, 1.165) is 0 Å². The lowest BCUT2D eigenvalue weighted by molar-refractivity contribution is -0.122. The van der Waals surface area contributed by atoms with E-state index in [0.29, 0.717) is 0 Å². The maximum Gasteiger partial charge on any atom is 0.132 e. The fourth-order valence-electron chi connectivity index (χ4n) is 0.919. The zero-order valence-corrected chi connectivity index (χ0v) is 7.42. The summed E-state index contributed by atoms with van der Waals surface area (Å²) in [6.45, 7) is 8.54. The monoisotopic (exact) mass is 156 g/mol. The summed E-state index contributed by atoms with van der Waals surface area (Å²) in [5.41, 5.74) is -0.937. The Hall–Kier alpha value is -0.630. The first-order chi connectivity index (χ1) is 4.90. The van der Waals surface area contributed by atoms with Crippen molar-refractivity contribution in [1.29, 1.82) is 0 Å². The normalized spacial score (nSPS) is 18.5. The Kier molecular flexibility index (Phi) is 3.46. The molecule has 0 aliphatic carbocycles. The van der Waals surface area contributed by atoms with Crippen molar-refractivity contribution in [3.63, 3.8) is 0 Å². The Labute approximate surface area is 67.9 Å². The van der Waals surface area contributed by atoms with Gasteiger partial charge in [0.2, 0.25) is 0 Å². The number of carbonyl (C=O) groups is 1. The Morgan fingerprint density at radius 1 is 1.82 bits per heavy atom. The van der Waals surface area contributed by atoms with E-state index in [2.05, 4.69) is 6.58 Å². The van der Waals surface area contributed by atoms with Crippen LogP contribution in [0.5, 0.6) is 0 Å². The van der Waals surface area contributed by atoms with Crippen molar-refractivity contribution in [1.82, 2.24) is 0 Å². The van der Waals surface area contributed by atoms with Crippen LogP contribution in [0.2, 0.25) is 0 Å². The van der Waals surface area contributed by atoms with Gasteiger partial charge in [-0.2, -0.15) is 0 Å². The molecule has 0 saturated carbocycles. The summed E-state index contributed by atoms with van der Waals surface area (Å²) < 4.78 is 0. The fourth-order valence-corrected chi connectivity index (χ4v) is 0.919. The summed E-state index contributed by atoms with van der Waals surface area (Å²) in [4.78, 5) is 10.7. The predicted molar refractivity (Wildman–Crippen MR) is 45.3 cm³/mol. The number of rotatable bonds is 4. The second-order valence-corrected chi connectivity index (χ2v) is 3.26. The standard InChI is InChI=1S/C9H16O2/c1-5-7(2)9(4,11)6-8(3)10/h5,7,11H,1,6H2,2-4H3/t7-,9+/m0/s1. The highest BCUT2D eigenvalue weighted by Crippen LogP contribution is 2.21. The summed E-state index contributed by atoms with van der Waals surface area (Å²) >= 11 is 0. The van der Waals surface area contributed by atoms with Crippen molar-refractivity contribution >= 4 is 5.78 Å². The first-order valence-electron chi connectivity index (χ1n) is 3.74. The maximum absolute atomic E-state index is 10.7. The molecule has 0 aliphatic heterocycles. The van der Waals surface area contributed by atoms with Crippen LogP contribution in [0.25, 0.3) is 0 Å². The molecule has 64 valence electrons. The van der Waals surface area contributed by atoms with Crippen LogP contribution in [0.15, 0.2) is 12.7 Å². The minimum absolute atomic E-state index is 0.00343. The quantitative estimate of drug-likeness (QED) is 0.627. The number of carbonyl (C=O) groups excluding carboxylic acids is 1. The van der Waals surface area contributed by atoms with Crippen molar-refractivity contribution in [3.8, 4) is 0 Å². The Bertz CT molecular complexity index is 159. The highest BCUT2D eigenvalue weighted by atomic mass is 16.3. The summed E-state index contributed by atoms with van der Waals surface area (Å²) in [7, 11) is 0. The zero-order valence-electron chi connectivity index (χ0n) is 7.42. The Balaban J connectivity index is 4.19. The smallest absolute Gasteiger partial charge is 0.132 e. The van der Waals surface area contributed by atoms with E-state index in [1.165, 1.54) is 6.92 Å². The highest BCUT2D eigenvalue weighted by molar-refractivity contribution is 5.76. The number of aliphatic hydroxyl groups is 1. The summed E-state index contributed by atoms with van der Waals surface area (Å²) in [5, 5.41) is 9.66. The number of hydrogen-bond acceptors (Lipinski definition) is 2. The summed E-state index contributed by atoms with van der Waals surface area (Å²) in [5.74, 6) is -0.0462. The molecule has 0 fully saturated rings. The van der Waals surface area contributed by atoms with Gasteiger partial charge >= 0.3 is 0 Å². The summed E-state index contributed by atoms with van der Waals surface area (Å²) in [6, 6.07) is 0. The third-order valence-electron chi connectivity index (χ3n) is 1.94. The molecule has 0 spiro atoms. The van der Waals surface area contributed by atoms with Crippen molar-refractivity contribution in [2.24, 2.45) is 5.92 Å². The van der Waals surface area contributed by atoms with E-state index in [-0.39, 0.29) is 18.1 Å². The van der Waals surface area contributed by atoms with E-state index in [1.54, 1.807) is 13.0 Å². The predicted octanol–water partition coefficient (Wildman–Crippen LogP) is 1.54. The lowest BCUT2D eigenvalue weighted by Crippen LogP contribution is -2.33. The highest BCUT2D eigenvalue weighted by Gasteiger charge is 2.27. The molecule has 0 aromatic carbocycles. The minimum atomic E-state index is -0.937. The van der Waals surface area contributed by atoms with Crippen LogP contribution in [0.4, 0.5) is 0 Å². The molecule has 11 heavy (non-hydrogen) atoms. The molecule has 1 N–H and O–H groups in total. The third-order valence-corrected chi connectivity index (χ3v) is 1.94. The van der Waals surface area contributed by atoms with E-state index < -0.39 is 5.60 Å². The van der Waals surface area contributed by atoms with Crippen molar-refractivity contribution in [2.45, 2.75) is 32.8 Å². The van der Waals surface area contributed by atoms with E-state index in [9.17, 15) is 9.90 Å². The fraction of sp³-hybridized carbons (Fsp3) is 0.667. The van der Waals surface area contributed by atoms with Crippen LogP contribution in [0.1, 0.15) is 27.2 Å². The third kappa shape index (κ3) is 3.33. The van der Waals surface area contributed by atoms with Gasteiger partial charge in [-0.3, -0.25) is 4.79 Å². The molecule has 0 aromatic rings. The molecule has 0 saturated heterocycles. The van der Waals surface area contributed by atoms with Gasteiger partial charge in [-0.25, -0.2) is 0 Å². The van der Waals surface area contributed by atoms with Crippen LogP contribution in [0, 0.1) is 5.92 Å². The molecule has 2 heteroatoms. The molecule has 0 aliphatic rings. The van der Waals surface area contributed by atoms with E-state index in [1.807, 2.05) is 6.92 Å². The topological polar surface area (TPSA) is 37.3 Å². The molecular formula is C9H16O2. The average Bonchev–Trinajstić information content (AvgIpc) is 1.83. The van der Waals surface area contributed by atoms with Crippen LogP contribution >= 0.6 is 0 Å². The molecule has 2 nitrogen and oxygen atoms in total. The van der Waals surface area contributed by atoms with Gasteiger partial charge in [0.15, 0.2) is 0 Å². The van der Waals surface area contributed by atoms with Crippen LogP contribution in [-0.2, 0) is 4.79 Å². The molecule has 0 aromatic heterocycles.